The highest BCUT2D eigenvalue weighted by atomic mass is 16.5. The van der Waals surface area contributed by atoms with Crippen LogP contribution in [0, 0.1) is 5.92 Å². The fraction of sp³-hybridized carbons (Fsp3) is 0.500. The van der Waals surface area contributed by atoms with Gasteiger partial charge >= 0.3 is 0 Å². The Hall–Kier alpha value is -2.34. The van der Waals surface area contributed by atoms with Gasteiger partial charge in [0, 0.05) is 39.1 Å². The number of benzene rings is 1. The molecule has 1 atom stereocenters. The van der Waals surface area contributed by atoms with Crippen LogP contribution >= 0.6 is 0 Å². The smallest absolute Gasteiger partial charge is 0.224 e. The summed E-state index contributed by atoms with van der Waals surface area (Å²) in [7, 11) is 1.72. The quantitative estimate of drug-likeness (QED) is 0.738. The molecule has 6 heteroatoms. The Kier molecular flexibility index (Phi) is 6.66. The summed E-state index contributed by atoms with van der Waals surface area (Å²) < 4.78 is 7.86. The van der Waals surface area contributed by atoms with Gasteiger partial charge in [0.1, 0.15) is 5.75 Å². The van der Waals surface area contributed by atoms with Crippen LogP contribution in [0.4, 0.5) is 0 Å². The van der Waals surface area contributed by atoms with E-state index in [0.29, 0.717) is 6.61 Å². The van der Waals surface area contributed by atoms with Gasteiger partial charge in [-0.05, 0) is 43.5 Å². The van der Waals surface area contributed by atoms with Crippen LogP contribution in [0.5, 0.6) is 5.75 Å². The van der Waals surface area contributed by atoms with Crippen LogP contribution in [0.15, 0.2) is 43.0 Å². The molecule has 1 aromatic carbocycles. The van der Waals surface area contributed by atoms with Crippen molar-refractivity contribution in [3.63, 3.8) is 0 Å². The lowest BCUT2D eigenvalue weighted by atomic mass is 9.97. The highest BCUT2D eigenvalue weighted by Gasteiger charge is 2.24. The van der Waals surface area contributed by atoms with Gasteiger partial charge in [0.2, 0.25) is 5.91 Å². The number of carbonyl (C=O) groups excluding carboxylic acids is 1. The first-order chi connectivity index (χ1) is 12.7. The third kappa shape index (κ3) is 5.33. The zero-order valence-corrected chi connectivity index (χ0v) is 15.4. The number of aromatic nitrogens is 2. The van der Waals surface area contributed by atoms with Crippen molar-refractivity contribution in [3.8, 4) is 5.75 Å². The van der Waals surface area contributed by atoms with Gasteiger partial charge in [-0.15, -0.1) is 0 Å². The van der Waals surface area contributed by atoms with Crippen molar-refractivity contribution in [1.29, 1.82) is 0 Å². The number of rotatable bonds is 8. The van der Waals surface area contributed by atoms with Crippen molar-refractivity contribution in [3.05, 3.63) is 48.5 Å². The third-order valence-electron chi connectivity index (χ3n) is 4.84. The van der Waals surface area contributed by atoms with Gasteiger partial charge in [-0.1, -0.05) is 12.1 Å². The van der Waals surface area contributed by atoms with Gasteiger partial charge in [0.15, 0.2) is 0 Å². The van der Waals surface area contributed by atoms with Crippen LogP contribution in [0.25, 0.3) is 0 Å². The maximum absolute atomic E-state index is 11.9. The van der Waals surface area contributed by atoms with E-state index in [1.165, 1.54) is 5.56 Å². The van der Waals surface area contributed by atoms with E-state index in [4.69, 9.17) is 4.74 Å². The topological polar surface area (TPSA) is 59.4 Å². The molecule has 0 bridgehead atoms. The summed E-state index contributed by atoms with van der Waals surface area (Å²) in [6.45, 7) is 4.39. The molecule has 2 heterocycles. The molecule has 0 aliphatic carbocycles. The van der Waals surface area contributed by atoms with Crippen LogP contribution in [0.3, 0.4) is 0 Å². The Labute approximate surface area is 155 Å². The highest BCUT2D eigenvalue weighted by molar-refractivity contribution is 5.78. The standard InChI is InChI=1S/C20H28N4O2/c1-21-20(25)18-4-2-10-24(15-18)14-17-5-7-19(8-6-17)26-13-3-11-23-12-9-22-16-23/h5-9,12,16,18H,2-4,10-11,13-15H2,1H3,(H,21,25). The Morgan fingerprint density at radius 2 is 2.19 bits per heavy atom. The molecule has 0 spiro atoms. The fourth-order valence-electron chi connectivity index (χ4n) is 3.42. The number of hydrogen-bond acceptors (Lipinski definition) is 4. The first-order valence-corrected chi connectivity index (χ1v) is 9.36. The molecule has 0 radical (unpaired) electrons. The maximum atomic E-state index is 11.9. The minimum Gasteiger partial charge on any atom is -0.494 e. The lowest BCUT2D eigenvalue weighted by Crippen LogP contribution is -2.41. The van der Waals surface area contributed by atoms with Crippen molar-refractivity contribution >= 4 is 5.91 Å². The Bertz CT molecular complexity index is 670. The van der Waals surface area contributed by atoms with Crippen molar-refractivity contribution < 1.29 is 9.53 Å². The van der Waals surface area contributed by atoms with Crippen molar-refractivity contribution in [2.45, 2.75) is 32.4 Å². The number of carbonyl (C=O) groups is 1. The van der Waals surface area contributed by atoms with Crippen LogP contribution < -0.4 is 10.1 Å². The second-order valence-corrected chi connectivity index (χ2v) is 6.83. The first kappa shape index (κ1) is 18.5. The molecule has 1 fully saturated rings. The molecule has 2 aromatic rings. The molecule has 0 saturated carbocycles. The van der Waals surface area contributed by atoms with E-state index in [1.54, 1.807) is 13.2 Å². The Morgan fingerprint density at radius 3 is 2.92 bits per heavy atom. The molecule has 1 aromatic heterocycles. The molecule has 26 heavy (non-hydrogen) atoms. The first-order valence-electron chi connectivity index (χ1n) is 9.36. The Balaban J connectivity index is 1.41. The van der Waals surface area contributed by atoms with E-state index in [1.807, 2.05) is 24.7 Å². The Morgan fingerprint density at radius 1 is 1.35 bits per heavy atom. The minimum absolute atomic E-state index is 0.117. The average molecular weight is 356 g/mol. The summed E-state index contributed by atoms with van der Waals surface area (Å²) in [5, 5.41) is 2.77. The zero-order chi connectivity index (χ0) is 18.2. The molecule has 140 valence electrons. The SMILES string of the molecule is CNC(=O)C1CCCN(Cc2ccc(OCCCn3ccnc3)cc2)C1. The summed E-state index contributed by atoms with van der Waals surface area (Å²) in [6, 6.07) is 8.31. The van der Waals surface area contributed by atoms with Crippen LogP contribution in [0.1, 0.15) is 24.8 Å². The molecular formula is C20H28N4O2. The molecule has 1 unspecified atom stereocenters. The number of nitrogens with zero attached hydrogens (tertiary/aromatic N) is 3. The van der Waals surface area contributed by atoms with Gasteiger partial charge in [-0.2, -0.15) is 0 Å². The molecular weight excluding hydrogens is 328 g/mol. The van der Waals surface area contributed by atoms with Gasteiger partial charge in [-0.25, -0.2) is 4.98 Å². The van der Waals surface area contributed by atoms with E-state index in [2.05, 4.69) is 31.9 Å². The summed E-state index contributed by atoms with van der Waals surface area (Å²) >= 11 is 0. The monoisotopic (exact) mass is 356 g/mol. The predicted molar refractivity (Wildman–Crippen MR) is 101 cm³/mol. The normalized spacial score (nSPS) is 17.8. The average Bonchev–Trinajstić information content (AvgIpc) is 3.19. The number of amides is 1. The van der Waals surface area contributed by atoms with Crippen LogP contribution in [-0.2, 0) is 17.9 Å². The molecule has 1 saturated heterocycles. The summed E-state index contributed by atoms with van der Waals surface area (Å²) in [5.74, 6) is 1.18. The van der Waals surface area contributed by atoms with Gasteiger partial charge in [-0.3, -0.25) is 9.69 Å². The number of nitrogens with one attached hydrogen (secondary N) is 1. The summed E-state index contributed by atoms with van der Waals surface area (Å²) in [5.41, 5.74) is 1.26. The second-order valence-electron chi connectivity index (χ2n) is 6.83. The third-order valence-corrected chi connectivity index (χ3v) is 4.84. The van der Waals surface area contributed by atoms with Crippen LogP contribution in [0.2, 0.25) is 0 Å². The number of ether oxygens (including phenoxy) is 1. The zero-order valence-electron chi connectivity index (χ0n) is 15.4. The van der Waals surface area contributed by atoms with E-state index < -0.39 is 0 Å². The largest absolute Gasteiger partial charge is 0.494 e. The van der Waals surface area contributed by atoms with E-state index >= 15 is 0 Å². The fourth-order valence-corrected chi connectivity index (χ4v) is 3.42. The molecule has 1 aliphatic heterocycles. The lowest BCUT2D eigenvalue weighted by molar-refractivity contribution is -0.126. The van der Waals surface area contributed by atoms with Crippen molar-refractivity contribution in [1.82, 2.24) is 19.8 Å². The molecule has 1 N–H and O–H groups in total. The number of aryl methyl sites for hydroxylation is 1. The van der Waals surface area contributed by atoms with Crippen LogP contribution in [-0.4, -0.2) is 47.1 Å². The van der Waals surface area contributed by atoms with E-state index in [9.17, 15) is 4.79 Å². The second kappa shape index (κ2) is 9.38. The molecule has 1 amide bonds. The number of piperidine rings is 1. The highest BCUT2D eigenvalue weighted by Crippen LogP contribution is 2.20. The number of imidazole rings is 1. The molecule has 1 aliphatic rings. The molecule has 6 nitrogen and oxygen atoms in total. The minimum atomic E-state index is 0.117. The summed E-state index contributed by atoms with van der Waals surface area (Å²) in [6.07, 6.45) is 8.60. The lowest BCUT2D eigenvalue weighted by Gasteiger charge is -2.31. The number of hydrogen-bond donors (Lipinski definition) is 1. The number of likely N-dealkylation sites (tertiary alicyclic amines) is 1. The summed E-state index contributed by atoms with van der Waals surface area (Å²) in [4.78, 5) is 18.2. The van der Waals surface area contributed by atoms with E-state index in [-0.39, 0.29) is 11.8 Å². The predicted octanol–water partition coefficient (Wildman–Crippen LogP) is 2.31. The molecule has 3 rings (SSSR count). The van der Waals surface area contributed by atoms with Gasteiger partial charge in [0.05, 0.1) is 18.9 Å². The maximum Gasteiger partial charge on any atom is 0.224 e. The van der Waals surface area contributed by atoms with E-state index in [0.717, 1.165) is 51.2 Å². The van der Waals surface area contributed by atoms with Crippen molar-refractivity contribution in [2.24, 2.45) is 5.92 Å². The van der Waals surface area contributed by atoms with Crippen molar-refractivity contribution in [2.75, 3.05) is 26.7 Å². The van der Waals surface area contributed by atoms with Gasteiger partial charge in [0.25, 0.3) is 0 Å². The van der Waals surface area contributed by atoms with Gasteiger partial charge < -0.3 is 14.6 Å².